The van der Waals surface area contributed by atoms with Gasteiger partial charge in [0, 0.05) is 10.6 Å². The lowest BCUT2D eigenvalue weighted by Gasteiger charge is -2.12. The Hall–Kier alpha value is -2.09. The van der Waals surface area contributed by atoms with E-state index in [0.717, 1.165) is 34.0 Å². The molecular weight excluding hydrogens is 352 g/mol. The Morgan fingerprint density at radius 3 is 2.87 bits per heavy atom. The number of carbonyl (C=O) groups excluding carboxylic acids is 1. The summed E-state index contributed by atoms with van der Waals surface area (Å²) in [6.07, 6.45) is 0. The summed E-state index contributed by atoms with van der Waals surface area (Å²) in [5, 5.41) is 6.34. The number of benzene rings is 2. The third-order valence-corrected chi connectivity index (χ3v) is 4.17. The first-order chi connectivity index (χ1) is 11.0. The first-order valence-corrected chi connectivity index (χ1v) is 8.16. The normalized spacial score (nSPS) is 10.5. The fourth-order valence-corrected chi connectivity index (χ4v) is 2.99. The molecule has 0 spiro atoms. The van der Waals surface area contributed by atoms with E-state index in [9.17, 15) is 4.79 Å². The summed E-state index contributed by atoms with van der Waals surface area (Å²) in [5.41, 5.74) is 3.66. The summed E-state index contributed by atoms with van der Waals surface area (Å²) in [4.78, 5) is 12.2. The van der Waals surface area contributed by atoms with E-state index in [4.69, 9.17) is 23.8 Å². The topological polar surface area (TPSA) is 66.9 Å². The van der Waals surface area contributed by atoms with Crippen LogP contribution >= 0.6 is 35.5 Å². The predicted molar refractivity (Wildman–Crippen MR) is 97.3 cm³/mol. The fraction of sp³-hybridized carbons (Fsp3) is 0.0667. The van der Waals surface area contributed by atoms with E-state index in [1.165, 1.54) is 0 Å². The van der Waals surface area contributed by atoms with Gasteiger partial charge >= 0.3 is 0 Å². The number of carbonyl (C=O) groups is 1. The number of hydrogen-bond acceptors (Lipinski definition) is 5. The van der Waals surface area contributed by atoms with Crippen molar-refractivity contribution in [1.82, 2.24) is 14.1 Å². The first kappa shape index (κ1) is 15.8. The van der Waals surface area contributed by atoms with E-state index in [-0.39, 0.29) is 11.0 Å². The van der Waals surface area contributed by atoms with Crippen LogP contribution in [0.1, 0.15) is 15.9 Å². The molecule has 3 rings (SSSR count). The van der Waals surface area contributed by atoms with E-state index in [1.54, 1.807) is 24.3 Å². The van der Waals surface area contributed by atoms with Crippen molar-refractivity contribution < 1.29 is 4.79 Å². The minimum absolute atomic E-state index is 0.193. The molecule has 5 nitrogen and oxygen atoms in total. The zero-order chi connectivity index (χ0) is 16.4. The zero-order valence-electron chi connectivity index (χ0n) is 12.0. The first-order valence-electron chi connectivity index (χ1n) is 6.64. The lowest BCUT2D eigenvalue weighted by Crippen LogP contribution is -2.34. The highest BCUT2D eigenvalue weighted by molar-refractivity contribution is 7.80. The highest BCUT2D eigenvalue weighted by Gasteiger charge is 2.12. The molecule has 0 bridgehead atoms. The van der Waals surface area contributed by atoms with Crippen LogP contribution in [0.4, 0.5) is 5.69 Å². The van der Waals surface area contributed by atoms with Crippen LogP contribution < -0.4 is 10.6 Å². The van der Waals surface area contributed by atoms with Gasteiger partial charge in [0.25, 0.3) is 5.91 Å². The Bertz CT molecular complexity index is 909. The minimum Gasteiger partial charge on any atom is -0.330 e. The van der Waals surface area contributed by atoms with Crippen LogP contribution in [0.2, 0.25) is 5.02 Å². The molecule has 1 aromatic heterocycles. The van der Waals surface area contributed by atoms with E-state index < -0.39 is 0 Å². The molecule has 0 aliphatic carbocycles. The lowest BCUT2D eigenvalue weighted by molar-refractivity contribution is 0.0977. The number of aromatic nitrogens is 2. The van der Waals surface area contributed by atoms with Crippen molar-refractivity contribution in [2.75, 3.05) is 5.32 Å². The second kappa shape index (κ2) is 6.57. The van der Waals surface area contributed by atoms with Crippen molar-refractivity contribution in [2.24, 2.45) is 0 Å². The van der Waals surface area contributed by atoms with Gasteiger partial charge in [-0.05, 0) is 49.0 Å². The van der Waals surface area contributed by atoms with Crippen molar-refractivity contribution in [2.45, 2.75) is 6.92 Å². The van der Waals surface area contributed by atoms with Crippen LogP contribution in [0.5, 0.6) is 0 Å². The van der Waals surface area contributed by atoms with Crippen LogP contribution in [0.3, 0.4) is 0 Å². The Morgan fingerprint density at radius 1 is 1.26 bits per heavy atom. The summed E-state index contributed by atoms with van der Waals surface area (Å²) in [6.45, 7) is 1.93. The number of halogens is 1. The Kier molecular flexibility index (Phi) is 4.51. The third kappa shape index (κ3) is 3.47. The Labute approximate surface area is 147 Å². The van der Waals surface area contributed by atoms with Gasteiger partial charge in [0.15, 0.2) is 5.11 Å². The van der Waals surface area contributed by atoms with E-state index in [1.807, 2.05) is 19.1 Å². The van der Waals surface area contributed by atoms with Gasteiger partial charge in [-0.15, -0.1) is 0 Å². The number of hydrogen-bond donors (Lipinski definition) is 2. The molecule has 116 valence electrons. The smallest absolute Gasteiger partial charge is 0.257 e. The number of rotatable bonds is 2. The van der Waals surface area contributed by atoms with Crippen molar-refractivity contribution in [3.63, 3.8) is 0 Å². The van der Waals surface area contributed by atoms with Crippen molar-refractivity contribution in [1.29, 1.82) is 0 Å². The molecule has 3 aromatic rings. The molecule has 1 amide bonds. The maximum absolute atomic E-state index is 12.2. The van der Waals surface area contributed by atoms with Crippen LogP contribution in [0.25, 0.3) is 11.0 Å². The van der Waals surface area contributed by atoms with E-state index in [0.29, 0.717) is 10.6 Å². The molecule has 23 heavy (non-hydrogen) atoms. The molecule has 0 atom stereocenters. The fourth-order valence-electron chi connectivity index (χ4n) is 2.06. The van der Waals surface area contributed by atoms with Crippen molar-refractivity contribution >= 4 is 63.3 Å². The van der Waals surface area contributed by atoms with Gasteiger partial charge in [-0.3, -0.25) is 10.1 Å². The largest absolute Gasteiger partial charge is 0.330 e. The number of amides is 1. The van der Waals surface area contributed by atoms with Gasteiger partial charge in [-0.1, -0.05) is 23.7 Å². The maximum atomic E-state index is 12.2. The number of nitrogens with one attached hydrogen (secondary N) is 2. The van der Waals surface area contributed by atoms with Crippen molar-refractivity contribution in [3.05, 3.63) is 52.5 Å². The molecule has 0 unspecified atom stereocenters. The van der Waals surface area contributed by atoms with Crippen LogP contribution in [0, 0.1) is 6.92 Å². The number of fused-ring (bicyclic) bond motifs is 1. The van der Waals surface area contributed by atoms with Crippen LogP contribution in [0.15, 0.2) is 36.4 Å². The molecule has 2 N–H and O–H groups in total. The second-order valence-corrected chi connectivity index (χ2v) is 6.18. The minimum atomic E-state index is -0.328. The molecule has 0 saturated heterocycles. The van der Waals surface area contributed by atoms with Gasteiger partial charge in [-0.25, -0.2) is 0 Å². The third-order valence-electron chi connectivity index (χ3n) is 3.19. The van der Waals surface area contributed by atoms with Gasteiger partial charge in [0.2, 0.25) is 0 Å². The SMILES string of the molecule is Cc1ccc2nsnc2c1NC(=S)NC(=O)c1cccc(Cl)c1. The molecule has 0 saturated carbocycles. The second-order valence-electron chi connectivity index (χ2n) is 4.81. The summed E-state index contributed by atoms with van der Waals surface area (Å²) < 4.78 is 8.45. The van der Waals surface area contributed by atoms with Gasteiger partial charge in [-0.2, -0.15) is 8.75 Å². The number of anilines is 1. The molecule has 2 aromatic carbocycles. The van der Waals surface area contributed by atoms with Crippen molar-refractivity contribution in [3.8, 4) is 0 Å². The molecule has 0 aliphatic heterocycles. The number of nitrogens with zero attached hydrogens (tertiary/aromatic N) is 2. The molecule has 0 aliphatic rings. The van der Waals surface area contributed by atoms with Gasteiger partial charge in [0.05, 0.1) is 17.4 Å². The summed E-state index contributed by atoms with van der Waals surface area (Å²) in [7, 11) is 0. The van der Waals surface area contributed by atoms with Gasteiger partial charge in [0.1, 0.15) is 11.0 Å². The average molecular weight is 363 g/mol. The van der Waals surface area contributed by atoms with Gasteiger partial charge < -0.3 is 5.32 Å². The lowest BCUT2D eigenvalue weighted by atomic mass is 10.1. The molecule has 0 radical (unpaired) electrons. The van der Waals surface area contributed by atoms with Crippen LogP contribution in [-0.4, -0.2) is 19.8 Å². The summed E-state index contributed by atoms with van der Waals surface area (Å²) >= 11 is 12.2. The number of thiocarbonyl (C=S) groups is 1. The molecular formula is C15H11ClN4OS2. The van der Waals surface area contributed by atoms with Crippen LogP contribution in [-0.2, 0) is 0 Å². The highest BCUT2D eigenvalue weighted by Crippen LogP contribution is 2.25. The standard InChI is InChI=1S/C15H11ClN4OS2/c1-8-5-6-11-13(20-23-19-11)12(8)17-15(22)18-14(21)9-3-2-4-10(16)7-9/h2-7H,1H3,(H2,17,18,21,22). The molecule has 0 fully saturated rings. The van der Waals surface area contributed by atoms with E-state index in [2.05, 4.69) is 19.4 Å². The zero-order valence-corrected chi connectivity index (χ0v) is 14.4. The predicted octanol–water partition coefficient (Wildman–Crippen LogP) is 3.78. The molecule has 1 heterocycles. The van der Waals surface area contributed by atoms with E-state index >= 15 is 0 Å². The summed E-state index contributed by atoms with van der Waals surface area (Å²) in [5.74, 6) is -0.328. The summed E-state index contributed by atoms with van der Waals surface area (Å²) in [6, 6.07) is 10.5. The molecule has 8 heteroatoms. The number of aryl methyl sites for hydroxylation is 1. The highest BCUT2D eigenvalue weighted by atomic mass is 35.5. The quantitative estimate of drug-likeness (QED) is 0.679. The Morgan fingerprint density at radius 2 is 2.09 bits per heavy atom. The monoisotopic (exact) mass is 362 g/mol. The Balaban J connectivity index is 1.77. The maximum Gasteiger partial charge on any atom is 0.257 e. The average Bonchev–Trinajstić information content (AvgIpc) is 2.99.